The Balaban J connectivity index is 1.48. The number of nitrogens with zero attached hydrogens (tertiary/aromatic N) is 1. The van der Waals surface area contributed by atoms with Crippen molar-refractivity contribution in [2.75, 3.05) is 45.7 Å². The van der Waals surface area contributed by atoms with Gasteiger partial charge in [-0.1, -0.05) is 6.42 Å². The van der Waals surface area contributed by atoms with E-state index in [4.69, 9.17) is 4.74 Å². The van der Waals surface area contributed by atoms with E-state index in [9.17, 15) is 13.2 Å². The molecule has 1 aromatic carbocycles. The highest BCUT2D eigenvalue weighted by Crippen LogP contribution is 2.49. The molecule has 8 heteroatoms. The van der Waals surface area contributed by atoms with Crippen molar-refractivity contribution < 1.29 is 22.8 Å². The van der Waals surface area contributed by atoms with Crippen molar-refractivity contribution in [1.29, 1.82) is 0 Å². The smallest absolute Gasteiger partial charge is 0.243 e. The number of carbonyl (C=O) groups is 1. The summed E-state index contributed by atoms with van der Waals surface area (Å²) in [5.74, 6) is 2.36. The number of hydrogen-bond acceptors (Lipinski definition) is 4. The molecule has 3 fully saturated rings. The van der Waals surface area contributed by atoms with E-state index in [0.29, 0.717) is 42.8 Å². The number of fused-ring (bicyclic) bond motifs is 2. The lowest BCUT2D eigenvalue weighted by atomic mass is 9.86. The second-order valence-electron chi connectivity index (χ2n) is 8.91. The van der Waals surface area contributed by atoms with Gasteiger partial charge in [0.1, 0.15) is 5.75 Å². The van der Waals surface area contributed by atoms with Gasteiger partial charge in [-0.2, -0.15) is 4.31 Å². The molecule has 2 aliphatic carbocycles. The van der Waals surface area contributed by atoms with Crippen LogP contribution in [0, 0.1) is 17.8 Å². The maximum Gasteiger partial charge on any atom is 0.243 e. The second-order valence-corrected chi connectivity index (χ2v) is 10.8. The van der Waals surface area contributed by atoms with Crippen molar-refractivity contribution in [2.24, 2.45) is 17.8 Å². The molecule has 0 unspecified atom stereocenters. The zero-order chi connectivity index (χ0) is 20.6. The van der Waals surface area contributed by atoms with Gasteiger partial charge in [0.25, 0.3) is 0 Å². The van der Waals surface area contributed by atoms with Gasteiger partial charge in [-0.3, -0.25) is 4.79 Å². The average molecular weight is 423 g/mol. The largest absolute Gasteiger partial charge is 0.495 e. The quantitative estimate of drug-likeness (QED) is 0.716. The van der Waals surface area contributed by atoms with Crippen LogP contribution in [0.5, 0.6) is 5.75 Å². The zero-order valence-electron chi connectivity index (χ0n) is 17.3. The van der Waals surface area contributed by atoms with Crippen LogP contribution in [-0.2, 0) is 14.8 Å². The molecule has 29 heavy (non-hydrogen) atoms. The van der Waals surface area contributed by atoms with Crippen LogP contribution < -0.4 is 15.0 Å². The van der Waals surface area contributed by atoms with E-state index in [1.165, 1.54) is 41.6 Å². The lowest BCUT2D eigenvalue weighted by Crippen LogP contribution is -3.12. The van der Waals surface area contributed by atoms with Gasteiger partial charge in [0.15, 0.2) is 0 Å². The third-order valence-electron chi connectivity index (χ3n) is 6.99. The zero-order valence-corrected chi connectivity index (χ0v) is 18.1. The minimum Gasteiger partial charge on any atom is -0.495 e. The predicted molar refractivity (Wildman–Crippen MR) is 111 cm³/mol. The Kier molecular flexibility index (Phi) is 5.86. The van der Waals surface area contributed by atoms with Crippen molar-refractivity contribution >= 4 is 21.6 Å². The van der Waals surface area contributed by atoms with Gasteiger partial charge in [0.05, 0.1) is 50.9 Å². The van der Waals surface area contributed by atoms with Gasteiger partial charge in [0, 0.05) is 6.42 Å². The van der Waals surface area contributed by atoms with E-state index >= 15 is 0 Å². The SMILES string of the molecule is COc1ccc(S(=O)(=O)N2CC[NH+](C)CC2)cc1NC(=O)C[C@@H]1C[C@H]2CC[C@@H]1C2. The number of likely N-dealkylation sites (N-methyl/N-ethyl adjacent to an activating group) is 1. The number of rotatable bonds is 6. The maximum atomic E-state index is 13.1. The van der Waals surface area contributed by atoms with Crippen LogP contribution in [0.3, 0.4) is 0 Å². The van der Waals surface area contributed by atoms with Crippen LogP contribution in [-0.4, -0.2) is 59.0 Å². The number of carbonyl (C=O) groups excluding carboxylic acids is 1. The molecule has 1 amide bonds. The summed E-state index contributed by atoms with van der Waals surface area (Å²) in [6.45, 7) is 2.60. The van der Waals surface area contributed by atoms with Crippen LogP contribution in [0.1, 0.15) is 32.1 Å². The summed E-state index contributed by atoms with van der Waals surface area (Å²) < 4.78 is 33.0. The first-order valence-electron chi connectivity index (χ1n) is 10.7. The van der Waals surface area contributed by atoms with E-state index in [-0.39, 0.29) is 10.8 Å². The number of nitrogens with one attached hydrogen (secondary N) is 2. The van der Waals surface area contributed by atoms with E-state index in [2.05, 4.69) is 12.4 Å². The van der Waals surface area contributed by atoms with Gasteiger partial charge >= 0.3 is 0 Å². The second kappa shape index (κ2) is 8.24. The number of ether oxygens (including phenoxy) is 1. The molecular weight excluding hydrogens is 390 g/mol. The minimum absolute atomic E-state index is 0.0569. The fourth-order valence-corrected chi connectivity index (χ4v) is 6.74. The molecule has 1 heterocycles. The average Bonchev–Trinajstić information content (AvgIpc) is 3.31. The number of benzene rings is 1. The van der Waals surface area contributed by atoms with Crippen LogP contribution in [0.4, 0.5) is 5.69 Å². The minimum atomic E-state index is -3.58. The number of quaternary nitrogens is 1. The highest BCUT2D eigenvalue weighted by atomic mass is 32.2. The third-order valence-corrected chi connectivity index (χ3v) is 8.89. The Morgan fingerprint density at radius 3 is 2.62 bits per heavy atom. The highest BCUT2D eigenvalue weighted by molar-refractivity contribution is 7.89. The molecule has 2 saturated carbocycles. The van der Waals surface area contributed by atoms with E-state index < -0.39 is 10.0 Å². The molecule has 3 atom stereocenters. The molecule has 2 bridgehead atoms. The number of amides is 1. The monoisotopic (exact) mass is 422 g/mol. The summed E-state index contributed by atoms with van der Waals surface area (Å²) in [7, 11) is 0.0118. The Morgan fingerprint density at radius 1 is 1.24 bits per heavy atom. The molecule has 1 aromatic rings. The normalized spacial score (nSPS) is 27.9. The lowest BCUT2D eigenvalue weighted by Gasteiger charge is -2.29. The number of hydrogen-bond donors (Lipinski definition) is 2. The van der Waals surface area contributed by atoms with E-state index in [1.807, 2.05) is 0 Å². The van der Waals surface area contributed by atoms with Crippen molar-refractivity contribution in [3.05, 3.63) is 18.2 Å². The topological polar surface area (TPSA) is 80.2 Å². The van der Waals surface area contributed by atoms with Crippen LogP contribution in [0.2, 0.25) is 0 Å². The van der Waals surface area contributed by atoms with Crippen molar-refractivity contribution in [3.63, 3.8) is 0 Å². The first-order chi connectivity index (χ1) is 13.9. The van der Waals surface area contributed by atoms with Crippen LogP contribution in [0.15, 0.2) is 23.1 Å². The van der Waals surface area contributed by atoms with Crippen LogP contribution >= 0.6 is 0 Å². The van der Waals surface area contributed by atoms with Gasteiger partial charge in [-0.05, 0) is 55.2 Å². The summed E-state index contributed by atoms with van der Waals surface area (Å²) in [6, 6.07) is 4.73. The molecule has 1 aliphatic heterocycles. The third kappa shape index (κ3) is 4.29. The first-order valence-corrected chi connectivity index (χ1v) is 12.1. The number of methoxy groups -OCH3 is 1. The van der Waals surface area contributed by atoms with Crippen molar-refractivity contribution in [1.82, 2.24) is 4.31 Å². The summed E-state index contributed by atoms with van der Waals surface area (Å²) in [6.07, 6.45) is 5.47. The fraction of sp³-hybridized carbons (Fsp3) is 0.667. The Morgan fingerprint density at radius 2 is 2.00 bits per heavy atom. The van der Waals surface area contributed by atoms with E-state index in [0.717, 1.165) is 25.4 Å². The summed E-state index contributed by atoms with van der Waals surface area (Å²) >= 11 is 0. The van der Waals surface area contributed by atoms with Crippen LogP contribution in [0.25, 0.3) is 0 Å². The number of anilines is 1. The first kappa shape index (κ1) is 20.6. The standard InChI is InChI=1S/C21H31N3O4S/c1-23-7-9-24(10-8-23)29(26,27)18-5-6-20(28-2)19(14-18)22-21(25)13-17-12-15-3-4-16(17)11-15/h5-6,14-17H,3-4,7-13H2,1-2H3,(H,22,25)/p+1/t15-,16+,17-/m0/s1. The molecule has 1 saturated heterocycles. The molecule has 3 aliphatic rings. The molecule has 4 rings (SSSR count). The molecule has 2 N–H and O–H groups in total. The lowest BCUT2D eigenvalue weighted by molar-refractivity contribution is -0.883. The van der Waals surface area contributed by atoms with Gasteiger partial charge in [-0.25, -0.2) is 8.42 Å². The Hall–Kier alpha value is -1.64. The molecule has 0 aromatic heterocycles. The molecule has 160 valence electrons. The highest BCUT2D eigenvalue weighted by Gasteiger charge is 2.40. The van der Waals surface area contributed by atoms with Gasteiger partial charge < -0.3 is 15.0 Å². The van der Waals surface area contributed by atoms with Crippen molar-refractivity contribution in [2.45, 2.75) is 37.0 Å². The number of sulfonamides is 1. The predicted octanol–water partition coefficient (Wildman–Crippen LogP) is 0.979. The van der Waals surface area contributed by atoms with Crippen molar-refractivity contribution in [3.8, 4) is 5.75 Å². The summed E-state index contributed by atoms with van der Waals surface area (Å²) in [4.78, 5) is 14.2. The Labute approximate surface area is 173 Å². The van der Waals surface area contributed by atoms with E-state index in [1.54, 1.807) is 12.1 Å². The maximum absolute atomic E-state index is 13.1. The molecule has 0 radical (unpaired) electrons. The molecule has 7 nitrogen and oxygen atoms in total. The molecule has 0 spiro atoms. The Bertz CT molecular complexity index is 865. The van der Waals surface area contributed by atoms with Gasteiger partial charge in [0.2, 0.25) is 15.9 Å². The van der Waals surface area contributed by atoms with Gasteiger partial charge in [-0.15, -0.1) is 0 Å². The molecular formula is C21H32N3O4S+. The number of piperazine rings is 1. The fourth-order valence-electron chi connectivity index (χ4n) is 5.27. The summed E-state index contributed by atoms with van der Waals surface area (Å²) in [5.41, 5.74) is 0.432. The summed E-state index contributed by atoms with van der Waals surface area (Å²) in [5, 5.41) is 2.92.